The van der Waals surface area contributed by atoms with E-state index in [1.54, 1.807) is 12.1 Å². The van der Waals surface area contributed by atoms with Crippen molar-refractivity contribution in [3.05, 3.63) is 54.0 Å². The van der Waals surface area contributed by atoms with Gasteiger partial charge in [-0.1, -0.05) is 26.0 Å². The van der Waals surface area contributed by atoms with Crippen molar-refractivity contribution >= 4 is 17.6 Å². The summed E-state index contributed by atoms with van der Waals surface area (Å²) in [5.41, 5.74) is 1.76. The first kappa shape index (κ1) is 22.5. The summed E-state index contributed by atoms with van der Waals surface area (Å²) in [6, 6.07) is 10.9. The van der Waals surface area contributed by atoms with E-state index < -0.39 is 0 Å². The van der Waals surface area contributed by atoms with Crippen LogP contribution in [0, 0.1) is 5.92 Å². The summed E-state index contributed by atoms with van der Waals surface area (Å²) in [7, 11) is 0. The van der Waals surface area contributed by atoms with Crippen LogP contribution in [-0.2, 0) is 11.3 Å². The van der Waals surface area contributed by atoms with Crippen molar-refractivity contribution in [2.75, 3.05) is 31.6 Å². The second-order valence-corrected chi connectivity index (χ2v) is 7.05. The highest BCUT2D eigenvalue weighted by Gasteiger charge is 2.08. The molecule has 0 unspecified atom stereocenters. The Balaban J connectivity index is 1.78. The maximum Gasteiger partial charge on any atom is 0.291 e. The number of amides is 1. The van der Waals surface area contributed by atoms with Crippen molar-refractivity contribution in [2.24, 2.45) is 10.9 Å². The summed E-state index contributed by atoms with van der Waals surface area (Å²) in [6.07, 6.45) is 2.55. The van der Waals surface area contributed by atoms with E-state index in [2.05, 4.69) is 34.8 Å². The number of ether oxygens (including phenoxy) is 1. The van der Waals surface area contributed by atoms with Gasteiger partial charge in [0.05, 0.1) is 19.4 Å². The predicted molar refractivity (Wildman–Crippen MR) is 116 cm³/mol. The standard InChI is InChI=1S/C22H32N4O3/c1-4-23-22(24-12-15-28-14-11-17(2)3)25-16-18-7-9-19(10-8-18)26-21(27)20-6-5-13-29-20/h5-10,13,17H,4,11-12,14-16H2,1-3H3,(H,26,27)(H2,23,24,25). The number of furan rings is 1. The van der Waals surface area contributed by atoms with Gasteiger partial charge >= 0.3 is 0 Å². The van der Waals surface area contributed by atoms with Crippen LogP contribution in [0.2, 0.25) is 0 Å². The van der Waals surface area contributed by atoms with Crippen LogP contribution in [0.1, 0.15) is 43.3 Å². The third-order valence-electron chi connectivity index (χ3n) is 4.10. The van der Waals surface area contributed by atoms with Crippen LogP contribution in [0.5, 0.6) is 0 Å². The van der Waals surface area contributed by atoms with Crippen LogP contribution in [0.3, 0.4) is 0 Å². The number of anilines is 1. The fourth-order valence-corrected chi connectivity index (χ4v) is 2.47. The molecule has 158 valence electrons. The molecule has 2 aromatic rings. The molecule has 29 heavy (non-hydrogen) atoms. The van der Waals surface area contributed by atoms with E-state index in [0.29, 0.717) is 31.3 Å². The molecular formula is C22H32N4O3. The first-order valence-corrected chi connectivity index (χ1v) is 10.1. The lowest BCUT2D eigenvalue weighted by atomic mass is 10.1. The number of nitrogens with one attached hydrogen (secondary N) is 3. The van der Waals surface area contributed by atoms with Crippen molar-refractivity contribution in [3.8, 4) is 0 Å². The van der Waals surface area contributed by atoms with Crippen molar-refractivity contribution < 1.29 is 13.9 Å². The second kappa shape index (κ2) is 12.6. The van der Waals surface area contributed by atoms with Gasteiger partial charge in [-0.15, -0.1) is 0 Å². The highest BCUT2D eigenvalue weighted by atomic mass is 16.5. The molecule has 0 bridgehead atoms. The minimum atomic E-state index is -0.269. The molecule has 1 amide bonds. The summed E-state index contributed by atoms with van der Waals surface area (Å²) in [5, 5.41) is 9.31. The van der Waals surface area contributed by atoms with Gasteiger partial charge in [0.1, 0.15) is 0 Å². The molecule has 3 N–H and O–H groups in total. The number of aliphatic imine (C=N–C) groups is 1. The first-order valence-electron chi connectivity index (χ1n) is 10.1. The molecule has 0 aliphatic rings. The molecule has 2 rings (SSSR count). The van der Waals surface area contributed by atoms with Gasteiger partial charge in [0.25, 0.3) is 5.91 Å². The van der Waals surface area contributed by atoms with E-state index in [1.807, 2.05) is 31.2 Å². The van der Waals surface area contributed by atoms with Crippen LogP contribution in [-0.4, -0.2) is 38.2 Å². The van der Waals surface area contributed by atoms with E-state index in [4.69, 9.17) is 9.15 Å². The molecule has 0 aliphatic heterocycles. The van der Waals surface area contributed by atoms with Crippen molar-refractivity contribution in [1.29, 1.82) is 0 Å². The number of rotatable bonds is 11. The van der Waals surface area contributed by atoms with Crippen molar-refractivity contribution in [2.45, 2.75) is 33.7 Å². The van der Waals surface area contributed by atoms with Gasteiger partial charge < -0.3 is 25.1 Å². The zero-order chi connectivity index (χ0) is 20.9. The van der Waals surface area contributed by atoms with Crippen LogP contribution in [0.25, 0.3) is 0 Å². The highest BCUT2D eigenvalue weighted by Crippen LogP contribution is 2.12. The fourth-order valence-electron chi connectivity index (χ4n) is 2.47. The Morgan fingerprint density at radius 3 is 2.59 bits per heavy atom. The lowest BCUT2D eigenvalue weighted by Gasteiger charge is -2.12. The quantitative estimate of drug-likeness (QED) is 0.304. The molecule has 1 aromatic carbocycles. The van der Waals surface area contributed by atoms with Gasteiger partial charge in [-0.25, -0.2) is 4.99 Å². The summed E-state index contributed by atoms with van der Waals surface area (Å²) >= 11 is 0. The molecule has 0 saturated heterocycles. The normalized spacial score (nSPS) is 11.5. The summed E-state index contributed by atoms with van der Waals surface area (Å²) in [4.78, 5) is 16.6. The number of carbonyl (C=O) groups excluding carboxylic acids is 1. The Labute approximate surface area is 172 Å². The van der Waals surface area contributed by atoms with Crippen LogP contribution < -0.4 is 16.0 Å². The van der Waals surface area contributed by atoms with E-state index in [-0.39, 0.29) is 11.7 Å². The van der Waals surface area contributed by atoms with E-state index in [9.17, 15) is 4.79 Å². The minimum absolute atomic E-state index is 0.269. The van der Waals surface area contributed by atoms with Crippen LogP contribution in [0.4, 0.5) is 5.69 Å². The van der Waals surface area contributed by atoms with Gasteiger partial charge in [0.2, 0.25) is 0 Å². The van der Waals surface area contributed by atoms with E-state index >= 15 is 0 Å². The molecule has 1 heterocycles. The Bertz CT molecular complexity index is 740. The summed E-state index contributed by atoms with van der Waals surface area (Å²) in [5.74, 6) is 1.44. The smallest absolute Gasteiger partial charge is 0.291 e. The summed E-state index contributed by atoms with van der Waals surface area (Å²) in [6.45, 7) is 9.90. The van der Waals surface area contributed by atoms with Crippen LogP contribution in [0.15, 0.2) is 52.1 Å². The molecule has 7 nitrogen and oxygen atoms in total. The average molecular weight is 401 g/mol. The SMILES string of the molecule is CCNC(=NCc1ccc(NC(=O)c2ccco2)cc1)NCCOCCC(C)C. The molecule has 1 aromatic heterocycles. The number of benzene rings is 1. The zero-order valence-corrected chi connectivity index (χ0v) is 17.5. The zero-order valence-electron chi connectivity index (χ0n) is 17.5. The molecule has 0 aliphatic carbocycles. The minimum Gasteiger partial charge on any atom is -0.459 e. The molecule has 0 atom stereocenters. The number of nitrogens with zero attached hydrogens (tertiary/aromatic N) is 1. The summed E-state index contributed by atoms with van der Waals surface area (Å²) < 4.78 is 10.7. The number of carbonyl (C=O) groups is 1. The number of hydrogen-bond donors (Lipinski definition) is 3. The third-order valence-corrected chi connectivity index (χ3v) is 4.10. The first-order chi connectivity index (χ1) is 14.1. The maximum absolute atomic E-state index is 12.0. The van der Waals surface area contributed by atoms with Gasteiger partial charge in [-0.3, -0.25) is 4.79 Å². The second-order valence-electron chi connectivity index (χ2n) is 7.05. The maximum atomic E-state index is 12.0. The number of hydrogen-bond acceptors (Lipinski definition) is 4. The van der Waals surface area contributed by atoms with Crippen molar-refractivity contribution in [3.63, 3.8) is 0 Å². The predicted octanol–water partition coefficient (Wildman–Crippen LogP) is 3.65. The Morgan fingerprint density at radius 1 is 1.14 bits per heavy atom. The largest absolute Gasteiger partial charge is 0.459 e. The molecule has 0 fully saturated rings. The molecule has 0 saturated carbocycles. The van der Waals surface area contributed by atoms with Gasteiger partial charge in [-0.2, -0.15) is 0 Å². The Kier molecular flexibility index (Phi) is 9.78. The Morgan fingerprint density at radius 2 is 1.93 bits per heavy atom. The van der Waals surface area contributed by atoms with Crippen LogP contribution >= 0.6 is 0 Å². The van der Waals surface area contributed by atoms with Gasteiger partial charge in [-0.05, 0) is 49.1 Å². The molecule has 7 heteroatoms. The van der Waals surface area contributed by atoms with E-state index in [1.165, 1.54) is 6.26 Å². The molecule has 0 radical (unpaired) electrons. The highest BCUT2D eigenvalue weighted by molar-refractivity contribution is 6.02. The molecule has 0 spiro atoms. The Hall–Kier alpha value is -2.80. The van der Waals surface area contributed by atoms with Gasteiger partial charge in [0, 0.05) is 25.4 Å². The monoisotopic (exact) mass is 400 g/mol. The lowest BCUT2D eigenvalue weighted by Crippen LogP contribution is -2.39. The number of guanidine groups is 1. The van der Waals surface area contributed by atoms with Crippen molar-refractivity contribution in [1.82, 2.24) is 10.6 Å². The molecular weight excluding hydrogens is 368 g/mol. The average Bonchev–Trinajstić information content (AvgIpc) is 3.24. The topological polar surface area (TPSA) is 87.9 Å². The fraction of sp³-hybridized carbons (Fsp3) is 0.455. The third kappa shape index (κ3) is 8.83. The van der Waals surface area contributed by atoms with E-state index in [0.717, 1.165) is 31.1 Å². The lowest BCUT2D eigenvalue weighted by molar-refractivity contribution is 0.0996. The van der Waals surface area contributed by atoms with Gasteiger partial charge in [0.15, 0.2) is 11.7 Å².